The van der Waals surface area contributed by atoms with E-state index in [4.69, 9.17) is 26.4 Å². The maximum absolute atomic E-state index is 6.05. The third kappa shape index (κ3) is 4.84. The Morgan fingerprint density at radius 2 is 2.06 bits per heavy atom. The van der Waals surface area contributed by atoms with Crippen LogP contribution in [-0.2, 0) is 17.8 Å². The third-order valence-electron chi connectivity index (χ3n) is 6.85. The molecule has 3 aromatic rings. The van der Waals surface area contributed by atoms with Gasteiger partial charge in [0.1, 0.15) is 0 Å². The predicted molar refractivity (Wildman–Crippen MR) is 127 cm³/mol. The molecule has 2 aliphatic rings. The first-order chi connectivity index (χ1) is 15.7. The van der Waals surface area contributed by atoms with Gasteiger partial charge in [-0.3, -0.25) is 4.90 Å². The Bertz CT molecular complexity index is 1040. The average Bonchev–Trinajstić information content (AvgIpc) is 3.43. The second-order valence-electron chi connectivity index (χ2n) is 9.23. The van der Waals surface area contributed by atoms with E-state index in [9.17, 15) is 0 Å². The number of benzene rings is 1. The Morgan fingerprint density at radius 3 is 2.88 bits per heavy atom. The van der Waals surface area contributed by atoms with Crippen LogP contribution in [0.25, 0.3) is 5.65 Å². The molecular formula is C25H32ClN5O. The van der Waals surface area contributed by atoms with Crippen molar-refractivity contribution in [2.24, 2.45) is 5.92 Å². The minimum atomic E-state index is 0.456. The van der Waals surface area contributed by atoms with Crippen molar-refractivity contribution < 1.29 is 4.74 Å². The lowest BCUT2D eigenvalue weighted by Crippen LogP contribution is -2.34. The van der Waals surface area contributed by atoms with Crippen molar-refractivity contribution in [2.75, 3.05) is 32.8 Å². The monoisotopic (exact) mass is 453 g/mol. The molecule has 2 saturated heterocycles. The molecule has 2 aliphatic heterocycles. The zero-order valence-corrected chi connectivity index (χ0v) is 19.5. The number of aromatic nitrogens is 3. The highest BCUT2D eigenvalue weighted by Crippen LogP contribution is 2.29. The van der Waals surface area contributed by atoms with Gasteiger partial charge in [0, 0.05) is 55.5 Å². The van der Waals surface area contributed by atoms with Crippen LogP contribution in [0.15, 0.2) is 36.5 Å². The van der Waals surface area contributed by atoms with E-state index in [1.54, 1.807) is 0 Å². The average molecular weight is 454 g/mol. The Balaban J connectivity index is 1.30. The van der Waals surface area contributed by atoms with Gasteiger partial charge in [0.05, 0.1) is 18.0 Å². The van der Waals surface area contributed by atoms with Gasteiger partial charge >= 0.3 is 0 Å². The fourth-order valence-corrected chi connectivity index (χ4v) is 5.19. The number of halogens is 1. The summed E-state index contributed by atoms with van der Waals surface area (Å²) in [5.74, 6) is 1.08. The summed E-state index contributed by atoms with van der Waals surface area (Å²) in [6, 6.07) is 10.4. The van der Waals surface area contributed by atoms with Gasteiger partial charge in [-0.15, -0.1) is 0 Å². The Kier molecular flexibility index (Phi) is 6.74. The molecule has 32 heavy (non-hydrogen) atoms. The molecule has 0 spiro atoms. The van der Waals surface area contributed by atoms with Crippen molar-refractivity contribution in [1.29, 1.82) is 0 Å². The Hall–Kier alpha value is -1.99. The van der Waals surface area contributed by atoms with E-state index in [0.29, 0.717) is 11.8 Å². The number of ether oxygens (including phenoxy) is 1. The number of piperidine rings is 1. The lowest BCUT2D eigenvalue weighted by Gasteiger charge is -2.33. The molecule has 0 amide bonds. The van der Waals surface area contributed by atoms with Crippen LogP contribution in [0.3, 0.4) is 0 Å². The normalized spacial score (nSPS) is 22.1. The number of hydrogen-bond acceptors (Lipinski definition) is 5. The number of hydrogen-bond donors (Lipinski definition) is 1. The van der Waals surface area contributed by atoms with Crippen LogP contribution in [0.2, 0.25) is 5.02 Å². The van der Waals surface area contributed by atoms with Gasteiger partial charge in [0.2, 0.25) is 0 Å². The Labute approximate surface area is 194 Å². The molecule has 1 N–H and O–H groups in total. The van der Waals surface area contributed by atoms with Gasteiger partial charge in [-0.25, -0.2) is 9.50 Å². The van der Waals surface area contributed by atoms with E-state index < -0.39 is 0 Å². The summed E-state index contributed by atoms with van der Waals surface area (Å²) < 4.78 is 7.59. The third-order valence-corrected chi connectivity index (χ3v) is 7.10. The number of rotatable bonds is 7. The summed E-state index contributed by atoms with van der Waals surface area (Å²) in [5, 5.41) is 9.31. The van der Waals surface area contributed by atoms with Crippen molar-refractivity contribution in [2.45, 2.75) is 45.2 Å². The zero-order valence-electron chi connectivity index (χ0n) is 18.8. The van der Waals surface area contributed by atoms with Crippen LogP contribution in [0, 0.1) is 12.8 Å². The molecule has 1 aromatic carbocycles. The standard InChI is InChI=1S/C25H32ClN5O/c1-18-23(14-27-13-20-9-12-32-17-20)25-28-10-8-24(31(25)29-18)21-3-2-11-30(16-21)15-19-4-6-22(26)7-5-19/h4-8,10,20-21,27H,2-3,9,11-17H2,1H3. The number of aryl methyl sites for hydroxylation is 1. The molecule has 0 saturated carbocycles. The van der Waals surface area contributed by atoms with Gasteiger partial charge in [-0.2, -0.15) is 5.10 Å². The topological polar surface area (TPSA) is 54.7 Å². The molecule has 170 valence electrons. The van der Waals surface area contributed by atoms with Gasteiger partial charge in [-0.05, 0) is 62.4 Å². The second kappa shape index (κ2) is 9.87. The molecule has 6 nitrogen and oxygen atoms in total. The largest absolute Gasteiger partial charge is 0.381 e. The van der Waals surface area contributed by atoms with Crippen molar-refractivity contribution in [1.82, 2.24) is 24.8 Å². The van der Waals surface area contributed by atoms with Crippen LogP contribution in [-0.4, -0.2) is 52.3 Å². The van der Waals surface area contributed by atoms with Crippen LogP contribution in [0.4, 0.5) is 0 Å². The molecule has 2 aromatic heterocycles. The number of nitrogens with one attached hydrogen (secondary N) is 1. The van der Waals surface area contributed by atoms with Crippen LogP contribution in [0.5, 0.6) is 0 Å². The summed E-state index contributed by atoms with van der Waals surface area (Å²) in [5.41, 5.74) is 5.85. The van der Waals surface area contributed by atoms with E-state index in [-0.39, 0.29) is 0 Å². The summed E-state index contributed by atoms with van der Waals surface area (Å²) in [4.78, 5) is 7.26. The van der Waals surface area contributed by atoms with Gasteiger partial charge in [-0.1, -0.05) is 23.7 Å². The molecule has 0 radical (unpaired) electrons. The predicted octanol–water partition coefficient (Wildman–Crippen LogP) is 4.20. The highest BCUT2D eigenvalue weighted by atomic mass is 35.5. The fourth-order valence-electron chi connectivity index (χ4n) is 5.06. The maximum atomic E-state index is 6.05. The molecular weight excluding hydrogens is 422 g/mol. The number of nitrogens with zero attached hydrogens (tertiary/aromatic N) is 4. The first kappa shape index (κ1) is 21.8. The molecule has 2 unspecified atom stereocenters. The second-order valence-corrected chi connectivity index (χ2v) is 9.67. The minimum absolute atomic E-state index is 0.456. The highest BCUT2D eigenvalue weighted by molar-refractivity contribution is 6.30. The molecule has 5 rings (SSSR count). The molecule has 2 fully saturated rings. The first-order valence-electron chi connectivity index (χ1n) is 11.8. The SMILES string of the molecule is Cc1nn2c(C3CCCN(Cc4ccc(Cl)cc4)C3)ccnc2c1CNCC1CCOC1. The quantitative estimate of drug-likeness (QED) is 0.581. The number of fused-ring (bicyclic) bond motifs is 1. The zero-order chi connectivity index (χ0) is 21.9. The maximum Gasteiger partial charge on any atom is 0.159 e. The highest BCUT2D eigenvalue weighted by Gasteiger charge is 2.25. The molecule has 2 atom stereocenters. The van der Waals surface area contributed by atoms with Crippen molar-refractivity contribution >= 4 is 17.2 Å². The van der Waals surface area contributed by atoms with Crippen LogP contribution >= 0.6 is 11.6 Å². The smallest absolute Gasteiger partial charge is 0.159 e. The molecule has 4 heterocycles. The van der Waals surface area contributed by atoms with E-state index in [1.165, 1.54) is 29.7 Å². The lowest BCUT2D eigenvalue weighted by atomic mass is 9.94. The van der Waals surface area contributed by atoms with E-state index in [2.05, 4.69) is 39.9 Å². The van der Waals surface area contributed by atoms with Crippen molar-refractivity contribution in [3.05, 3.63) is 64.1 Å². The number of likely N-dealkylation sites (tertiary alicyclic amines) is 1. The summed E-state index contributed by atoms with van der Waals surface area (Å²) in [6.45, 7) is 8.78. The van der Waals surface area contributed by atoms with Gasteiger partial charge in [0.15, 0.2) is 5.65 Å². The van der Waals surface area contributed by atoms with E-state index in [1.807, 2.05) is 18.3 Å². The van der Waals surface area contributed by atoms with Gasteiger partial charge < -0.3 is 10.1 Å². The summed E-state index contributed by atoms with van der Waals surface area (Å²) in [6.07, 6.45) is 5.49. The van der Waals surface area contributed by atoms with Crippen molar-refractivity contribution in [3.8, 4) is 0 Å². The summed E-state index contributed by atoms with van der Waals surface area (Å²) >= 11 is 6.05. The Morgan fingerprint density at radius 1 is 1.19 bits per heavy atom. The van der Waals surface area contributed by atoms with E-state index in [0.717, 1.165) is 68.7 Å². The summed E-state index contributed by atoms with van der Waals surface area (Å²) in [7, 11) is 0. The fraction of sp³-hybridized carbons (Fsp3) is 0.520. The van der Waals surface area contributed by atoms with E-state index >= 15 is 0 Å². The van der Waals surface area contributed by atoms with Gasteiger partial charge in [0.25, 0.3) is 0 Å². The lowest BCUT2D eigenvalue weighted by molar-refractivity contribution is 0.185. The molecule has 0 aliphatic carbocycles. The van der Waals surface area contributed by atoms with Crippen LogP contribution < -0.4 is 5.32 Å². The molecule has 7 heteroatoms. The molecule has 0 bridgehead atoms. The first-order valence-corrected chi connectivity index (χ1v) is 12.1. The van der Waals surface area contributed by atoms with Crippen molar-refractivity contribution in [3.63, 3.8) is 0 Å². The minimum Gasteiger partial charge on any atom is -0.381 e. The van der Waals surface area contributed by atoms with Crippen LogP contribution in [0.1, 0.15) is 47.7 Å².